The van der Waals surface area contributed by atoms with Gasteiger partial charge in [-0.05, 0) is 66.2 Å². The minimum atomic E-state index is -3.73. The number of anilines is 2. The molecule has 3 aromatic carbocycles. The van der Waals surface area contributed by atoms with Gasteiger partial charge in [0.1, 0.15) is 0 Å². The number of carbonyl (C=O) groups excluding carboxylic acids is 1. The highest BCUT2D eigenvalue weighted by molar-refractivity contribution is 9.10. The third kappa shape index (κ3) is 6.77. The Morgan fingerprint density at radius 2 is 1.63 bits per heavy atom. The Balaban J connectivity index is 1.53. The predicted octanol–water partition coefficient (Wildman–Crippen LogP) is 5.78. The molecule has 0 bridgehead atoms. The van der Waals surface area contributed by atoms with Gasteiger partial charge in [-0.1, -0.05) is 39.7 Å². The molecule has 3 rings (SSSR count). The molecule has 0 saturated heterocycles. The third-order valence-electron chi connectivity index (χ3n) is 3.94. The quantitative estimate of drug-likeness (QED) is 0.391. The van der Waals surface area contributed by atoms with Crippen molar-refractivity contribution in [3.05, 3.63) is 87.9 Å². The van der Waals surface area contributed by atoms with Gasteiger partial charge in [0.05, 0.1) is 10.6 Å². The monoisotopic (exact) mass is 524 g/mol. The molecule has 0 atom stereocenters. The van der Waals surface area contributed by atoms with Crippen molar-refractivity contribution in [3.63, 3.8) is 0 Å². The van der Waals surface area contributed by atoms with Crippen molar-refractivity contribution in [2.75, 3.05) is 15.8 Å². The number of amides is 1. The van der Waals surface area contributed by atoms with Crippen LogP contribution in [0.15, 0.2) is 82.2 Å². The van der Waals surface area contributed by atoms with Crippen molar-refractivity contribution < 1.29 is 13.2 Å². The summed E-state index contributed by atoms with van der Waals surface area (Å²) >= 11 is 10.7. The van der Waals surface area contributed by atoms with E-state index in [1.807, 2.05) is 24.3 Å². The fraction of sp³-hybridized carbons (Fsp3) is 0.0952. The van der Waals surface area contributed by atoms with E-state index >= 15 is 0 Å². The Morgan fingerprint density at radius 1 is 0.967 bits per heavy atom. The van der Waals surface area contributed by atoms with Crippen LogP contribution in [0.2, 0.25) is 5.02 Å². The van der Waals surface area contributed by atoms with Gasteiger partial charge in [-0.15, -0.1) is 11.8 Å². The van der Waals surface area contributed by atoms with Gasteiger partial charge < -0.3 is 5.32 Å². The number of nitrogens with one attached hydrogen (secondary N) is 2. The fourth-order valence-electron chi connectivity index (χ4n) is 2.53. The van der Waals surface area contributed by atoms with Gasteiger partial charge in [0.25, 0.3) is 10.0 Å². The molecule has 0 saturated carbocycles. The lowest BCUT2D eigenvalue weighted by Crippen LogP contribution is -2.15. The van der Waals surface area contributed by atoms with Gasteiger partial charge in [-0.3, -0.25) is 9.52 Å². The van der Waals surface area contributed by atoms with Crippen LogP contribution in [-0.2, 0) is 20.6 Å². The van der Waals surface area contributed by atoms with Gasteiger partial charge in [0.15, 0.2) is 0 Å². The molecule has 156 valence electrons. The Morgan fingerprint density at radius 3 is 2.30 bits per heavy atom. The first-order valence-corrected chi connectivity index (χ1v) is 12.6. The molecule has 0 spiro atoms. The van der Waals surface area contributed by atoms with Crippen molar-refractivity contribution in [1.29, 1.82) is 0 Å². The van der Waals surface area contributed by atoms with Crippen molar-refractivity contribution in [1.82, 2.24) is 0 Å². The molecule has 0 aliphatic carbocycles. The summed E-state index contributed by atoms with van der Waals surface area (Å²) < 4.78 is 28.5. The minimum absolute atomic E-state index is 0.0967. The molecule has 0 heterocycles. The van der Waals surface area contributed by atoms with Crippen LogP contribution in [0.25, 0.3) is 0 Å². The highest BCUT2D eigenvalue weighted by Gasteiger charge is 2.14. The molecule has 0 aromatic heterocycles. The molecule has 2 N–H and O–H groups in total. The van der Waals surface area contributed by atoms with Crippen molar-refractivity contribution in [2.24, 2.45) is 0 Å². The van der Waals surface area contributed by atoms with E-state index in [1.54, 1.807) is 36.4 Å². The summed E-state index contributed by atoms with van der Waals surface area (Å²) in [4.78, 5) is 12.2. The third-order valence-corrected chi connectivity index (χ3v) is 7.08. The zero-order valence-electron chi connectivity index (χ0n) is 15.6. The van der Waals surface area contributed by atoms with Gasteiger partial charge in [0.2, 0.25) is 5.91 Å². The maximum absolute atomic E-state index is 12.5. The smallest absolute Gasteiger partial charge is 0.261 e. The molecule has 0 aliphatic heterocycles. The van der Waals surface area contributed by atoms with E-state index in [0.717, 1.165) is 15.8 Å². The number of carbonyl (C=O) groups is 1. The lowest BCUT2D eigenvalue weighted by atomic mass is 10.2. The van der Waals surface area contributed by atoms with Crippen molar-refractivity contribution >= 4 is 66.6 Å². The summed E-state index contributed by atoms with van der Waals surface area (Å²) in [7, 11) is -3.73. The number of thioether (sulfide) groups is 1. The molecule has 0 unspecified atom stereocenters. The van der Waals surface area contributed by atoms with Gasteiger partial charge in [-0.2, -0.15) is 0 Å². The van der Waals surface area contributed by atoms with E-state index in [1.165, 1.54) is 23.9 Å². The van der Waals surface area contributed by atoms with Crippen LogP contribution < -0.4 is 10.0 Å². The average molecular weight is 526 g/mol. The van der Waals surface area contributed by atoms with Gasteiger partial charge >= 0.3 is 0 Å². The average Bonchev–Trinajstić information content (AvgIpc) is 2.70. The van der Waals surface area contributed by atoms with Crippen LogP contribution in [0.5, 0.6) is 0 Å². The molecule has 1 amide bonds. The topological polar surface area (TPSA) is 75.3 Å². The molecule has 5 nitrogen and oxygen atoms in total. The second-order valence-corrected chi connectivity index (χ2v) is 10.3. The van der Waals surface area contributed by atoms with Crippen LogP contribution in [0.1, 0.15) is 5.56 Å². The summed E-state index contributed by atoms with van der Waals surface area (Å²) in [6.07, 6.45) is 0. The first-order chi connectivity index (χ1) is 14.3. The second-order valence-electron chi connectivity index (χ2n) is 6.31. The minimum Gasteiger partial charge on any atom is -0.325 e. The van der Waals surface area contributed by atoms with Crippen molar-refractivity contribution in [3.8, 4) is 0 Å². The van der Waals surface area contributed by atoms with Crippen LogP contribution in [0, 0.1) is 0 Å². The number of sulfonamides is 1. The number of halogens is 2. The molecule has 9 heteroatoms. The maximum atomic E-state index is 12.5. The zero-order chi connectivity index (χ0) is 21.6. The summed E-state index contributed by atoms with van der Waals surface area (Å²) in [6.45, 7) is 0. The van der Waals surface area contributed by atoms with E-state index < -0.39 is 10.0 Å². The molecule has 30 heavy (non-hydrogen) atoms. The molecule has 0 radical (unpaired) electrons. The van der Waals surface area contributed by atoms with E-state index in [-0.39, 0.29) is 10.8 Å². The summed E-state index contributed by atoms with van der Waals surface area (Å²) in [5.41, 5.74) is 2.08. The zero-order valence-corrected chi connectivity index (χ0v) is 19.6. The normalized spacial score (nSPS) is 11.1. The number of hydrogen-bond donors (Lipinski definition) is 2. The summed E-state index contributed by atoms with van der Waals surface area (Å²) in [5.74, 6) is 0.871. The summed E-state index contributed by atoms with van der Waals surface area (Å²) in [5, 5.41) is 3.30. The Kier molecular flexibility index (Phi) is 7.82. The van der Waals surface area contributed by atoms with Crippen LogP contribution in [-0.4, -0.2) is 20.1 Å². The molecule has 0 fully saturated rings. The van der Waals surface area contributed by atoms with E-state index in [0.29, 0.717) is 22.2 Å². The first-order valence-electron chi connectivity index (χ1n) is 8.82. The Bertz CT molecular complexity index is 1120. The maximum Gasteiger partial charge on any atom is 0.261 e. The second kappa shape index (κ2) is 10.3. The summed E-state index contributed by atoms with van der Waals surface area (Å²) in [6, 6.07) is 20.3. The molecular formula is C21H18BrClN2O3S2. The SMILES string of the molecule is O=C(CSCc1cccc(Br)c1)Nc1ccc(S(=O)(=O)Nc2ccc(Cl)cc2)cc1. The van der Waals surface area contributed by atoms with Crippen LogP contribution >= 0.6 is 39.3 Å². The van der Waals surface area contributed by atoms with E-state index in [9.17, 15) is 13.2 Å². The molecule has 3 aromatic rings. The standard InChI is InChI=1S/C21H18BrClN2O3S2/c22-16-3-1-2-15(12-16)13-29-14-21(26)24-18-8-10-20(11-9-18)30(27,28)25-19-6-4-17(23)5-7-19/h1-12,25H,13-14H2,(H,24,26). The number of benzene rings is 3. The lowest BCUT2D eigenvalue weighted by Gasteiger charge is -2.10. The fourth-order valence-corrected chi connectivity index (χ4v) is 4.94. The highest BCUT2D eigenvalue weighted by Crippen LogP contribution is 2.21. The lowest BCUT2D eigenvalue weighted by molar-refractivity contribution is -0.113. The van der Waals surface area contributed by atoms with Crippen LogP contribution in [0.3, 0.4) is 0 Å². The van der Waals surface area contributed by atoms with Gasteiger partial charge in [-0.25, -0.2) is 8.42 Å². The Hall–Kier alpha value is -2.00. The largest absolute Gasteiger partial charge is 0.325 e. The van der Waals surface area contributed by atoms with Gasteiger partial charge in [0, 0.05) is 26.6 Å². The number of hydrogen-bond acceptors (Lipinski definition) is 4. The molecular weight excluding hydrogens is 508 g/mol. The van der Waals surface area contributed by atoms with Crippen LogP contribution in [0.4, 0.5) is 11.4 Å². The highest BCUT2D eigenvalue weighted by atomic mass is 79.9. The number of rotatable bonds is 8. The van der Waals surface area contributed by atoms with E-state index in [4.69, 9.17) is 11.6 Å². The van der Waals surface area contributed by atoms with Crippen molar-refractivity contribution in [2.45, 2.75) is 10.6 Å². The Labute approximate surface area is 193 Å². The predicted molar refractivity (Wildman–Crippen MR) is 128 cm³/mol. The first kappa shape index (κ1) is 22.7. The van der Waals surface area contributed by atoms with E-state index in [2.05, 4.69) is 26.0 Å². The molecule has 0 aliphatic rings.